The molecule has 0 unspecified atom stereocenters. The standard InChI is InChI=1S/C6H2ClF2IN2O2/c7-2-1-3(5(8)9)11-6(4(2)10)12(13)14/h1,5H. The molecule has 1 rings (SSSR count). The van der Waals surface area contributed by atoms with Gasteiger partial charge in [-0.2, -0.15) is 0 Å². The quantitative estimate of drug-likeness (QED) is 0.474. The molecular weight excluding hydrogens is 332 g/mol. The van der Waals surface area contributed by atoms with E-state index in [9.17, 15) is 18.9 Å². The average molecular weight is 334 g/mol. The number of hydrogen-bond acceptors (Lipinski definition) is 3. The van der Waals surface area contributed by atoms with Crippen molar-refractivity contribution in [1.82, 2.24) is 4.98 Å². The van der Waals surface area contributed by atoms with Crippen molar-refractivity contribution in [3.63, 3.8) is 0 Å². The summed E-state index contributed by atoms with van der Waals surface area (Å²) in [7, 11) is 0. The molecule has 0 aromatic carbocycles. The molecule has 0 amide bonds. The molecule has 14 heavy (non-hydrogen) atoms. The van der Waals surface area contributed by atoms with Crippen molar-refractivity contribution in [3.05, 3.63) is 30.5 Å². The van der Waals surface area contributed by atoms with Crippen LogP contribution in [0.5, 0.6) is 0 Å². The summed E-state index contributed by atoms with van der Waals surface area (Å²) in [5.41, 5.74) is -0.692. The van der Waals surface area contributed by atoms with E-state index in [1.807, 2.05) is 0 Å². The van der Waals surface area contributed by atoms with E-state index >= 15 is 0 Å². The van der Waals surface area contributed by atoms with Crippen molar-refractivity contribution in [2.75, 3.05) is 0 Å². The lowest BCUT2D eigenvalue weighted by Gasteiger charge is -2.00. The number of halogens is 4. The first kappa shape index (κ1) is 11.5. The second-order valence-electron chi connectivity index (χ2n) is 2.22. The Kier molecular flexibility index (Phi) is 3.53. The maximum absolute atomic E-state index is 12.2. The summed E-state index contributed by atoms with van der Waals surface area (Å²) < 4.78 is 24.4. The SMILES string of the molecule is O=[N+]([O-])c1nc(C(F)F)cc(Cl)c1I. The Bertz CT molecular complexity index is 388. The zero-order valence-electron chi connectivity index (χ0n) is 6.38. The molecule has 0 aliphatic rings. The van der Waals surface area contributed by atoms with Gasteiger partial charge in [-0.25, -0.2) is 8.78 Å². The molecule has 1 aromatic heterocycles. The van der Waals surface area contributed by atoms with Crippen LogP contribution in [-0.2, 0) is 0 Å². The van der Waals surface area contributed by atoms with Gasteiger partial charge in [0.15, 0.2) is 0 Å². The van der Waals surface area contributed by atoms with Gasteiger partial charge in [0.05, 0.1) is 5.02 Å². The van der Waals surface area contributed by atoms with E-state index < -0.39 is 22.9 Å². The van der Waals surface area contributed by atoms with Crippen LogP contribution in [0.2, 0.25) is 5.02 Å². The molecule has 0 saturated heterocycles. The molecule has 0 fully saturated rings. The highest BCUT2D eigenvalue weighted by Gasteiger charge is 2.24. The summed E-state index contributed by atoms with van der Waals surface area (Å²) in [6.07, 6.45) is -2.87. The van der Waals surface area contributed by atoms with Gasteiger partial charge in [-0.1, -0.05) is 11.6 Å². The minimum absolute atomic E-state index is 0.0543. The van der Waals surface area contributed by atoms with Gasteiger partial charge >= 0.3 is 12.2 Å². The van der Waals surface area contributed by atoms with Gasteiger partial charge in [0.1, 0.15) is 3.57 Å². The van der Waals surface area contributed by atoms with Crippen LogP contribution in [-0.4, -0.2) is 9.91 Å². The van der Waals surface area contributed by atoms with Gasteiger partial charge < -0.3 is 10.1 Å². The van der Waals surface area contributed by atoms with Gasteiger partial charge in [0, 0.05) is 6.07 Å². The number of hydrogen-bond donors (Lipinski definition) is 0. The second kappa shape index (κ2) is 4.30. The third kappa shape index (κ3) is 2.27. The molecule has 0 aliphatic heterocycles. The van der Waals surface area contributed by atoms with Gasteiger partial charge in [-0.05, 0) is 32.5 Å². The molecular formula is C6H2ClF2IN2O2. The maximum Gasteiger partial charge on any atom is 0.378 e. The average Bonchev–Trinajstić information content (AvgIpc) is 2.08. The highest BCUT2D eigenvalue weighted by molar-refractivity contribution is 14.1. The number of nitro groups is 1. The van der Waals surface area contributed by atoms with Crippen molar-refractivity contribution in [3.8, 4) is 0 Å². The third-order valence-electron chi connectivity index (χ3n) is 1.31. The summed E-state index contributed by atoms with van der Waals surface area (Å²) in [6.45, 7) is 0. The predicted octanol–water partition coefficient (Wildman–Crippen LogP) is 3.19. The van der Waals surface area contributed by atoms with E-state index in [0.717, 1.165) is 6.07 Å². The molecule has 8 heteroatoms. The third-order valence-corrected chi connectivity index (χ3v) is 2.99. The first-order valence-corrected chi connectivity index (χ1v) is 4.67. The van der Waals surface area contributed by atoms with Crippen LogP contribution < -0.4 is 0 Å². The van der Waals surface area contributed by atoms with Crippen molar-refractivity contribution >= 4 is 40.0 Å². The number of rotatable bonds is 2. The molecule has 0 atom stereocenters. The smallest absolute Gasteiger partial charge is 0.358 e. The van der Waals surface area contributed by atoms with Crippen LogP contribution in [0.25, 0.3) is 0 Å². The van der Waals surface area contributed by atoms with E-state index in [1.165, 1.54) is 0 Å². The molecule has 0 saturated carbocycles. The topological polar surface area (TPSA) is 56.0 Å². The Morgan fingerprint density at radius 1 is 1.64 bits per heavy atom. The zero-order chi connectivity index (χ0) is 10.9. The minimum Gasteiger partial charge on any atom is -0.358 e. The maximum atomic E-state index is 12.2. The Balaban J connectivity index is 3.35. The van der Waals surface area contributed by atoms with Crippen molar-refractivity contribution in [1.29, 1.82) is 0 Å². The van der Waals surface area contributed by atoms with Crippen LogP contribution >= 0.6 is 34.2 Å². The van der Waals surface area contributed by atoms with Crippen LogP contribution in [0.4, 0.5) is 14.6 Å². The van der Waals surface area contributed by atoms with E-state index in [0.29, 0.717) is 0 Å². The van der Waals surface area contributed by atoms with Crippen LogP contribution in [0.15, 0.2) is 6.07 Å². The molecule has 1 heterocycles. The van der Waals surface area contributed by atoms with E-state index in [2.05, 4.69) is 4.98 Å². The summed E-state index contributed by atoms with van der Waals surface area (Å²) in [6, 6.07) is 0.918. The van der Waals surface area contributed by atoms with Gasteiger partial charge in [0.2, 0.25) is 5.69 Å². The van der Waals surface area contributed by atoms with E-state index in [1.54, 1.807) is 22.6 Å². The molecule has 0 spiro atoms. The van der Waals surface area contributed by atoms with Crippen molar-refractivity contribution in [2.45, 2.75) is 6.43 Å². The lowest BCUT2D eigenvalue weighted by atomic mass is 10.3. The normalized spacial score (nSPS) is 10.6. The number of pyridine rings is 1. The number of alkyl halides is 2. The van der Waals surface area contributed by atoms with E-state index in [4.69, 9.17) is 11.6 Å². The Morgan fingerprint density at radius 3 is 2.64 bits per heavy atom. The molecule has 0 N–H and O–H groups in total. The van der Waals surface area contributed by atoms with Crippen molar-refractivity contribution < 1.29 is 13.7 Å². The lowest BCUT2D eigenvalue weighted by molar-refractivity contribution is -0.390. The first-order chi connectivity index (χ1) is 6.43. The lowest BCUT2D eigenvalue weighted by Crippen LogP contribution is -2.00. The molecule has 0 aliphatic carbocycles. The Labute approximate surface area is 95.6 Å². The molecule has 0 radical (unpaired) electrons. The summed E-state index contributed by atoms with van der Waals surface area (Å²) >= 11 is 7.10. The highest BCUT2D eigenvalue weighted by atomic mass is 127. The Morgan fingerprint density at radius 2 is 2.21 bits per heavy atom. The number of aromatic nitrogens is 1. The largest absolute Gasteiger partial charge is 0.378 e. The fourth-order valence-electron chi connectivity index (χ4n) is 0.736. The van der Waals surface area contributed by atoms with Crippen LogP contribution in [0, 0.1) is 13.7 Å². The molecule has 1 aromatic rings. The number of nitrogens with zero attached hydrogens (tertiary/aromatic N) is 2. The molecule has 4 nitrogen and oxygen atoms in total. The summed E-state index contributed by atoms with van der Waals surface area (Å²) in [5.74, 6) is -0.645. The summed E-state index contributed by atoms with van der Waals surface area (Å²) in [5, 5.41) is 10.3. The first-order valence-electron chi connectivity index (χ1n) is 3.22. The van der Waals surface area contributed by atoms with Gasteiger partial charge in [-0.3, -0.25) is 0 Å². The fourth-order valence-corrected chi connectivity index (χ4v) is 1.41. The van der Waals surface area contributed by atoms with E-state index in [-0.39, 0.29) is 8.59 Å². The van der Waals surface area contributed by atoms with Crippen molar-refractivity contribution in [2.24, 2.45) is 0 Å². The fraction of sp³-hybridized carbons (Fsp3) is 0.167. The predicted molar refractivity (Wildman–Crippen MR) is 53.6 cm³/mol. The molecule has 0 bridgehead atoms. The Hall–Kier alpha value is -0.570. The van der Waals surface area contributed by atoms with Gasteiger partial charge in [0.25, 0.3) is 0 Å². The summed E-state index contributed by atoms with van der Waals surface area (Å²) in [4.78, 5) is 12.7. The van der Waals surface area contributed by atoms with Crippen LogP contribution in [0.1, 0.15) is 12.1 Å². The minimum atomic E-state index is -2.87. The zero-order valence-corrected chi connectivity index (χ0v) is 9.29. The highest BCUT2D eigenvalue weighted by Crippen LogP contribution is 2.30. The van der Waals surface area contributed by atoms with Crippen LogP contribution in [0.3, 0.4) is 0 Å². The second-order valence-corrected chi connectivity index (χ2v) is 3.71. The van der Waals surface area contributed by atoms with Gasteiger partial charge in [-0.15, -0.1) is 0 Å². The molecule has 76 valence electrons. The monoisotopic (exact) mass is 334 g/mol.